The van der Waals surface area contributed by atoms with Crippen molar-refractivity contribution in [1.29, 1.82) is 0 Å². The third kappa shape index (κ3) is 8.13. The predicted octanol–water partition coefficient (Wildman–Crippen LogP) is 6.10. The summed E-state index contributed by atoms with van der Waals surface area (Å²) in [5.41, 5.74) is 1.54. The molecular weight excluding hydrogens is 722 g/mol. The first kappa shape index (κ1) is 39.3. The van der Waals surface area contributed by atoms with Gasteiger partial charge in [-0.2, -0.15) is 4.98 Å². The SMILES string of the molecule is CC1CCCC1n1c(=O)c(C(F)F)cc2cnc(NC3CCN(C(=O)CCCCCCCCc4cccc5c4n(C)c(=O)n5C4CCC(=O)NC4=O)CC3)nc21. The zero-order valence-corrected chi connectivity index (χ0v) is 32.3. The second kappa shape index (κ2) is 17.0. The maximum atomic E-state index is 13.8. The third-order valence-corrected chi connectivity index (χ3v) is 12.2. The number of fused-ring (bicyclic) bond motifs is 2. The van der Waals surface area contributed by atoms with Crippen LogP contribution in [0.3, 0.4) is 0 Å². The molecule has 3 unspecified atom stereocenters. The number of imidazole rings is 1. The quantitative estimate of drug-likeness (QED) is 0.115. The van der Waals surface area contributed by atoms with Gasteiger partial charge in [0.05, 0.1) is 16.6 Å². The van der Waals surface area contributed by atoms with E-state index in [2.05, 4.69) is 20.6 Å². The van der Waals surface area contributed by atoms with Gasteiger partial charge in [-0.05, 0) is 75.0 Å². The van der Waals surface area contributed by atoms with E-state index in [1.807, 2.05) is 30.0 Å². The van der Waals surface area contributed by atoms with E-state index in [1.54, 1.807) is 11.6 Å². The lowest BCUT2D eigenvalue weighted by Crippen LogP contribution is -2.44. The number of halogens is 2. The van der Waals surface area contributed by atoms with Crippen LogP contribution in [-0.2, 0) is 27.9 Å². The summed E-state index contributed by atoms with van der Waals surface area (Å²) in [6.45, 7) is 3.30. The van der Waals surface area contributed by atoms with Crippen LogP contribution in [0.4, 0.5) is 14.7 Å². The van der Waals surface area contributed by atoms with Crippen molar-refractivity contribution in [1.82, 2.24) is 33.9 Å². The van der Waals surface area contributed by atoms with E-state index in [0.29, 0.717) is 48.4 Å². The number of carbonyl (C=O) groups excluding carboxylic acids is 3. The predicted molar refractivity (Wildman–Crippen MR) is 209 cm³/mol. The Morgan fingerprint density at radius 2 is 1.71 bits per heavy atom. The van der Waals surface area contributed by atoms with Gasteiger partial charge in [-0.3, -0.25) is 38.2 Å². The van der Waals surface area contributed by atoms with E-state index in [-0.39, 0.29) is 41.9 Å². The fraction of sp³-hybridized carbons (Fsp3) is 0.585. The smallest absolute Gasteiger partial charge is 0.329 e. The van der Waals surface area contributed by atoms with E-state index in [4.69, 9.17) is 0 Å². The summed E-state index contributed by atoms with van der Waals surface area (Å²) < 4.78 is 32.2. The van der Waals surface area contributed by atoms with Gasteiger partial charge >= 0.3 is 5.69 Å². The van der Waals surface area contributed by atoms with Gasteiger partial charge in [0.25, 0.3) is 12.0 Å². The van der Waals surface area contributed by atoms with Gasteiger partial charge in [0, 0.05) is 56.6 Å². The number of aromatic nitrogens is 5. The Morgan fingerprint density at radius 3 is 2.43 bits per heavy atom. The molecule has 0 bridgehead atoms. The molecule has 1 aliphatic carbocycles. The molecular formula is C41H52F2N8O5. The number of pyridine rings is 1. The van der Waals surface area contributed by atoms with E-state index in [1.165, 1.54) is 21.4 Å². The summed E-state index contributed by atoms with van der Waals surface area (Å²) in [6, 6.07) is 6.20. The first-order chi connectivity index (χ1) is 27.0. The number of likely N-dealkylation sites (tertiary alicyclic amines) is 1. The second-order valence-electron chi connectivity index (χ2n) is 15.9. The Kier molecular flexibility index (Phi) is 12.0. The zero-order chi connectivity index (χ0) is 39.5. The largest absolute Gasteiger partial charge is 0.351 e. The molecule has 2 N–H and O–H groups in total. The van der Waals surface area contributed by atoms with Crippen LogP contribution in [0.15, 0.2) is 40.1 Å². The summed E-state index contributed by atoms with van der Waals surface area (Å²) in [6.07, 6.45) is 10.5. The minimum absolute atomic E-state index is 0.0459. The highest BCUT2D eigenvalue weighted by Crippen LogP contribution is 2.36. The molecule has 5 heterocycles. The molecule has 300 valence electrons. The standard InChI is InChI=1S/C41H52F2N8O5/c1-25-11-9-14-30(25)51-37-27(23-29(36(42)43)39(51)55)24-44-40(47-37)45-28-19-21-49(22-20-28)34(53)16-8-6-4-3-5-7-12-26-13-10-15-31-35(26)48(2)41(56)50(31)32-17-18-33(52)46-38(32)54/h10,13,15,23-25,28,30,32,36H,3-9,11-12,14,16-22H2,1-2H3,(H,44,45,47)(H,46,52,54). The average Bonchev–Trinajstić information content (AvgIpc) is 3.71. The topological polar surface area (TPSA) is 153 Å². The van der Waals surface area contributed by atoms with Crippen LogP contribution in [0.1, 0.15) is 126 Å². The van der Waals surface area contributed by atoms with E-state index >= 15 is 0 Å². The van der Waals surface area contributed by atoms with Crippen molar-refractivity contribution in [2.24, 2.45) is 13.0 Å². The molecule has 2 aliphatic heterocycles. The van der Waals surface area contributed by atoms with Gasteiger partial charge in [0.1, 0.15) is 11.7 Å². The van der Waals surface area contributed by atoms with Crippen molar-refractivity contribution >= 4 is 45.7 Å². The second-order valence-corrected chi connectivity index (χ2v) is 15.9. The number of unbranched alkanes of at least 4 members (excludes halogenated alkanes) is 5. The molecule has 56 heavy (non-hydrogen) atoms. The van der Waals surface area contributed by atoms with Gasteiger partial charge in [-0.1, -0.05) is 51.2 Å². The summed E-state index contributed by atoms with van der Waals surface area (Å²) in [5, 5.41) is 6.16. The number of para-hydroxylation sites is 1. The molecule has 13 nitrogen and oxygen atoms in total. The third-order valence-electron chi connectivity index (χ3n) is 12.2. The van der Waals surface area contributed by atoms with Crippen LogP contribution in [-0.4, -0.2) is 65.4 Å². The minimum Gasteiger partial charge on any atom is -0.351 e. The molecule has 0 radical (unpaired) electrons. The summed E-state index contributed by atoms with van der Waals surface area (Å²) in [7, 11) is 1.73. The van der Waals surface area contributed by atoms with Gasteiger partial charge in [-0.25, -0.2) is 18.6 Å². The molecule has 3 atom stereocenters. The Balaban J connectivity index is 0.836. The van der Waals surface area contributed by atoms with Crippen LogP contribution in [0.5, 0.6) is 0 Å². The van der Waals surface area contributed by atoms with Crippen LogP contribution >= 0.6 is 0 Å². The lowest BCUT2D eigenvalue weighted by atomic mass is 10.0. The highest BCUT2D eigenvalue weighted by molar-refractivity contribution is 6.00. The first-order valence-electron chi connectivity index (χ1n) is 20.3. The van der Waals surface area contributed by atoms with Crippen molar-refractivity contribution in [2.45, 2.75) is 128 Å². The molecule has 4 aromatic rings. The van der Waals surface area contributed by atoms with Gasteiger partial charge in [0.15, 0.2) is 0 Å². The molecule has 7 rings (SSSR count). The molecule has 15 heteroatoms. The van der Waals surface area contributed by atoms with Crippen molar-refractivity contribution in [3.05, 3.63) is 62.4 Å². The van der Waals surface area contributed by atoms with E-state index in [9.17, 15) is 32.8 Å². The molecule has 2 saturated heterocycles. The van der Waals surface area contributed by atoms with Crippen molar-refractivity contribution in [3.63, 3.8) is 0 Å². The molecule has 3 amide bonds. The maximum absolute atomic E-state index is 13.8. The number of hydrogen-bond acceptors (Lipinski definition) is 8. The Morgan fingerprint density at radius 1 is 0.964 bits per heavy atom. The van der Waals surface area contributed by atoms with Crippen LogP contribution < -0.4 is 21.9 Å². The highest BCUT2D eigenvalue weighted by Gasteiger charge is 2.32. The number of aryl methyl sites for hydroxylation is 2. The summed E-state index contributed by atoms with van der Waals surface area (Å²) >= 11 is 0. The maximum Gasteiger partial charge on any atom is 0.329 e. The number of amides is 3. The molecule has 3 aliphatic rings. The summed E-state index contributed by atoms with van der Waals surface area (Å²) in [5.74, 6) is -0.0365. The Hall–Kier alpha value is -4.95. The Bertz CT molecular complexity index is 2220. The normalized spacial score (nSPS) is 20.7. The molecule has 3 aromatic heterocycles. The lowest BCUT2D eigenvalue weighted by molar-refractivity contribution is -0.136. The summed E-state index contributed by atoms with van der Waals surface area (Å²) in [4.78, 5) is 74.7. The number of nitrogens with zero attached hydrogens (tertiary/aromatic N) is 6. The fourth-order valence-electron chi connectivity index (χ4n) is 9.05. The number of benzene rings is 1. The molecule has 1 aromatic carbocycles. The van der Waals surface area contributed by atoms with Gasteiger partial charge in [0.2, 0.25) is 23.7 Å². The molecule has 1 saturated carbocycles. The average molecular weight is 775 g/mol. The number of piperidine rings is 2. The zero-order valence-electron chi connectivity index (χ0n) is 32.3. The van der Waals surface area contributed by atoms with E-state index < -0.39 is 29.5 Å². The number of alkyl halides is 2. The van der Waals surface area contributed by atoms with Crippen LogP contribution in [0, 0.1) is 5.92 Å². The fourth-order valence-corrected chi connectivity index (χ4v) is 9.05. The monoisotopic (exact) mass is 774 g/mol. The van der Waals surface area contributed by atoms with E-state index in [0.717, 1.165) is 88.1 Å². The van der Waals surface area contributed by atoms with Gasteiger partial charge < -0.3 is 10.2 Å². The van der Waals surface area contributed by atoms with Crippen molar-refractivity contribution in [2.75, 3.05) is 18.4 Å². The number of nitrogens with one attached hydrogen (secondary N) is 2. The number of imide groups is 1. The van der Waals surface area contributed by atoms with Crippen LogP contribution in [0.2, 0.25) is 0 Å². The number of rotatable bonds is 14. The Labute approximate surface area is 323 Å². The van der Waals surface area contributed by atoms with Crippen molar-refractivity contribution in [3.8, 4) is 0 Å². The minimum atomic E-state index is -2.87. The van der Waals surface area contributed by atoms with Crippen molar-refractivity contribution < 1.29 is 23.2 Å². The number of carbonyl (C=O) groups is 3. The first-order valence-corrected chi connectivity index (χ1v) is 20.3. The van der Waals surface area contributed by atoms with Crippen LogP contribution in [0.25, 0.3) is 22.1 Å². The highest BCUT2D eigenvalue weighted by atomic mass is 19.3. The number of anilines is 1. The molecule has 3 fully saturated rings. The lowest BCUT2D eigenvalue weighted by Gasteiger charge is -2.32. The molecule has 0 spiro atoms. The number of hydrogen-bond donors (Lipinski definition) is 2. The van der Waals surface area contributed by atoms with Gasteiger partial charge in [-0.15, -0.1) is 0 Å².